The standard InChI is InChI=1S/C21H19FN4/c22-17-5-3-7-19-20(17)21(25-13-24-19)26-10-8-14(9-11-26)16-12-23-18-6-2-1-4-15(16)18/h1-7,12-14,23H,8-11H2. The minimum Gasteiger partial charge on any atom is -0.361 e. The molecule has 0 atom stereocenters. The molecule has 0 spiro atoms. The Kier molecular flexibility index (Phi) is 3.59. The van der Waals surface area contributed by atoms with Crippen LogP contribution in [0.15, 0.2) is 55.0 Å². The third-order valence-corrected chi connectivity index (χ3v) is 5.45. The quantitative estimate of drug-likeness (QED) is 0.575. The van der Waals surface area contributed by atoms with Crippen LogP contribution in [-0.2, 0) is 0 Å². The number of nitrogens with zero attached hydrogens (tertiary/aromatic N) is 3. The average molecular weight is 346 g/mol. The SMILES string of the molecule is Fc1cccc2ncnc(N3CCC(c4c[nH]c5ccccc45)CC3)c12. The normalized spacial score (nSPS) is 15.8. The fraction of sp³-hybridized carbons (Fsp3) is 0.238. The first kappa shape index (κ1) is 15.3. The molecule has 2 aromatic heterocycles. The van der Waals surface area contributed by atoms with Gasteiger partial charge in [0.25, 0.3) is 0 Å². The van der Waals surface area contributed by atoms with Crippen molar-refractivity contribution in [3.63, 3.8) is 0 Å². The molecule has 1 aliphatic heterocycles. The van der Waals surface area contributed by atoms with E-state index in [1.165, 1.54) is 28.9 Å². The van der Waals surface area contributed by atoms with Crippen molar-refractivity contribution in [1.29, 1.82) is 0 Å². The number of anilines is 1. The van der Waals surface area contributed by atoms with Crippen molar-refractivity contribution in [3.05, 3.63) is 66.4 Å². The number of nitrogens with one attached hydrogen (secondary N) is 1. The Morgan fingerprint density at radius 1 is 1.00 bits per heavy atom. The summed E-state index contributed by atoms with van der Waals surface area (Å²) in [6.07, 6.45) is 5.73. The summed E-state index contributed by atoms with van der Waals surface area (Å²) in [5, 5.41) is 1.84. The van der Waals surface area contributed by atoms with E-state index in [2.05, 4.69) is 50.3 Å². The number of aromatic amines is 1. The van der Waals surface area contributed by atoms with Gasteiger partial charge >= 0.3 is 0 Å². The number of benzene rings is 2. The van der Waals surface area contributed by atoms with Crippen molar-refractivity contribution in [2.45, 2.75) is 18.8 Å². The number of piperidine rings is 1. The number of rotatable bonds is 2. The van der Waals surface area contributed by atoms with Gasteiger partial charge in [0.05, 0.1) is 10.9 Å². The highest BCUT2D eigenvalue weighted by Gasteiger charge is 2.25. The number of aromatic nitrogens is 3. The molecule has 4 nitrogen and oxygen atoms in total. The molecule has 5 rings (SSSR count). The molecule has 0 unspecified atom stereocenters. The van der Waals surface area contributed by atoms with E-state index in [9.17, 15) is 4.39 Å². The van der Waals surface area contributed by atoms with E-state index >= 15 is 0 Å². The fourth-order valence-corrected chi connectivity index (χ4v) is 4.13. The van der Waals surface area contributed by atoms with Crippen molar-refractivity contribution in [1.82, 2.24) is 15.0 Å². The van der Waals surface area contributed by atoms with Gasteiger partial charge in [-0.25, -0.2) is 14.4 Å². The van der Waals surface area contributed by atoms with Gasteiger partial charge in [0.2, 0.25) is 0 Å². The Morgan fingerprint density at radius 2 is 1.85 bits per heavy atom. The van der Waals surface area contributed by atoms with Crippen molar-refractivity contribution < 1.29 is 4.39 Å². The Hall–Kier alpha value is -2.95. The van der Waals surface area contributed by atoms with Crippen molar-refractivity contribution in [2.24, 2.45) is 0 Å². The maximum absolute atomic E-state index is 14.4. The minimum atomic E-state index is -0.253. The molecular weight excluding hydrogens is 327 g/mol. The fourth-order valence-electron chi connectivity index (χ4n) is 4.13. The average Bonchev–Trinajstić information content (AvgIpc) is 3.12. The zero-order chi connectivity index (χ0) is 17.5. The van der Waals surface area contributed by atoms with Gasteiger partial charge in [0, 0.05) is 30.2 Å². The first-order valence-electron chi connectivity index (χ1n) is 9.01. The number of hydrogen-bond donors (Lipinski definition) is 1. The maximum Gasteiger partial charge on any atom is 0.142 e. The molecule has 0 amide bonds. The Balaban J connectivity index is 1.43. The molecule has 1 fully saturated rings. The second kappa shape index (κ2) is 6.09. The first-order valence-corrected chi connectivity index (χ1v) is 9.01. The van der Waals surface area contributed by atoms with Crippen LogP contribution in [-0.4, -0.2) is 28.0 Å². The molecule has 5 heteroatoms. The van der Waals surface area contributed by atoms with Crippen LogP contribution in [0, 0.1) is 5.82 Å². The lowest BCUT2D eigenvalue weighted by Gasteiger charge is -2.33. The summed E-state index contributed by atoms with van der Waals surface area (Å²) in [4.78, 5) is 14.2. The number of para-hydroxylation sites is 1. The minimum absolute atomic E-state index is 0.253. The van der Waals surface area contributed by atoms with Crippen LogP contribution >= 0.6 is 0 Å². The topological polar surface area (TPSA) is 44.8 Å². The molecular formula is C21H19FN4. The third-order valence-electron chi connectivity index (χ3n) is 5.45. The molecule has 3 heterocycles. The van der Waals surface area contributed by atoms with Crippen LogP contribution < -0.4 is 4.90 Å². The van der Waals surface area contributed by atoms with Crippen LogP contribution in [0.2, 0.25) is 0 Å². The van der Waals surface area contributed by atoms with Crippen LogP contribution in [0.25, 0.3) is 21.8 Å². The van der Waals surface area contributed by atoms with Crippen LogP contribution in [0.5, 0.6) is 0 Å². The first-order chi connectivity index (χ1) is 12.8. The number of fused-ring (bicyclic) bond motifs is 2. The molecule has 130 valence electrons. The van der Waals surface area contributed by atoms with Crippen molar-refractivity contribution in [2.75, 3.05) is 18.0 Å². The smallest absolute Gasteiger partial charge is 0.142 e. The summed E-state index contributed by atoms with van der Waals surface area (Å²) in [5.74, 6) is 0.975. The Morgan fingerprint density at radius 3 is 2.73 bits per heavy atom. The Bertz CT molecular complexity index is 1070. The predicted molar refractivity (Wildman–Crippen MR) is 102 cm³/mol. The summed E-state index contributed by atoms with van der Waals surface area (Å²) >= 11 is 0. The zero-order valence-electron chi connectivity index (χ0n) is 14.3. The van der Waals surface area contributed by atoms with Gasteiger partial charge in [-0.2, -0.15) is 0 Å². The number of hydrogen-bond acceptors (Lipinski definition) is 3. The molecule has 1 N–H and O–H groups in total. The van der Waals surface area contributed by atoms with E-state index in [4.69, 9.17) is 0 Å². The van der Waals surface area contributed by atoms with E-state index in [0.29, 0.717) is 22.6 Å². The van der Waals surface area contributed by atoms with E-state index in [1.54, 1.807) is 6.07 Å². The third kappa shape index (κ3) is 2.43. The number of halogens is 1. The predicted octanol–water partition coefficient (Wildman–Crippen LogP) is 4.63. The zero-order valence-corrected chi connectivity index (χ0v) is 14.3. The van der Waals surface area contributed by atoms with E-state index in [0.717, 1.165) is 25.9 Å². The second-order valence-electron chi connectivity index (χ2n) is 6.88. The highest BCUT2D eigenvalue weighted by molar-refractivity contribution is 5.90. The molecule has 0 aliphatic carbocycles. The lowest BCUT2D eigenvalue weighted by atomic mass is 9.89. The molecule has 1 aliphatic rings. The van der Waals surface area contributed by atoms with Gasteiger partial charge in [-0.05, 0) is 42.5 Å². The molecule has 26 heavy (non-hydrogen) atoms. The lowest BCUT2D eigenvalue weighted by molar-refractivity contribution is 0.505. The molecule has 0 radical (unpaired) electrons. The van der Waals surface area contributed by atoms with Gasteiger partial charge in [-0.3, -0.25) is 0 Å². The molecule has 2 aromatic carbocycles. The monoisotopic (exact) mass is 346 g/mol. The highest BCUT2D eigenvalue weighted by Crippen LogP contribution is 2.35. The summed E-state index contributed by atoms with van der Waals surface area (Å²) in [7, 11) is 0. The van der Waals surface area contributed by atoms with Gasteiger partial charge in [-0.15, -0.1) is 0 Å². The molecule has 0 bridgehead atoms. The summed E-state index contributed by atoms with van der Waals surface area (Å²) in [6.45, 7) is 1.73. The lowest BCUT2D eigenvalue weighted by Crippen LogP contribution is -2.33. The Labute approximate surface area is 150 Å². The maximum atomic E-state index is 14.4. The van der Waals surface area contributed by atoms with E-state index in [-0.39, 0.29) is 5.82 Å². The summed E-state index contributed by atoms with van der Waals surface area (Å²) in [6, 6.07) is 13.4. The highest BCUT2D eigenvalue weighted by atomic mass is 19.1. The molecule has 0 saturated carbocycles. The summed E-state index contributed by atoms with van der Waals surface area (Å²) < 4.78 is 14.4. The molecule has 4 aromatic rings. The second-order valence-corrected chi connectivity index (χ2v) is 6.88. The largest absolute Gasteiger partial charge is 0.361 e. The number of H-pyrrole nitrogens is 1. The van der Waals surface area contributed by atoms with Gasteiger partial charge in [0.15, 0.2) is 0 Å². The van der Waals surface area contributed by atoms with Crippen LogP contribution in [0.3, 0.4) is 0 Å². The van der Waals surface area contributed by atoms with E-state index < -0.39 is 0 Å². The van der Waals surface area contributed by atoms with E-state index in [1.807, 2.05) is 6.07 Å². The molecule has 1 saturated heterocycles. The van der Waals surface area contributed by atoms with Crippen LogP contribution in [0.4, 0.5) is 10.2 Å². The van der Waals surface area contributed by atoms with Gasteiger partial charge in [-0.1, -0.05) is 24.3 Å². The van der Waals surface area contributed by atoms with Crippen LogP contribution in [0.1, 0.15) is 24.3 Å². The van der Waals surface area contributed by atoms with Crippen molar-refractivity contribution >= 4 is 27.6 Å². The summed E-state index contributed by atoms with van der Waals surface area (Å²) in [5.41, 5.74) is 3.24. The van der Waals surface area contributed by atoms with Gasteiger partial charge < -0.3 is 9.88 Å². The van der Waals surface area contributed by atoms with Gasteiger partial charge in [0.1, 0.15) is 18.0 Å². The van der Waals surface area contributed by atoms with Crippen molar-refractivity contribution in [3.8, 4) is 0 Å².